The van der Waals surface area contributed by atoms with Gasteiger partial charge in [0.05, 0.1) is 21.9 Å². The molecule has 6 nitrogen and oxygen atoms in total. The fraction of sp³-hybridized carbons (Fsp3) is 0.333. The van der Waals surface area contributed by atoms with Gasteiger partial charge >= 0.3 is 18.0 Å². The molecule has 0 fully saturated rings. The van der Waals surface area contributed by atoms with Gasteiger partial charge in [0.15, 0.2) is 11.1 Å². The van der Waals surface area contributed by atoms with Crippen molar-refractivity contribution in [3.63, 3.8) is 0 Å². The zero-order valence-corrected chi connectivity index (χ0v) is 19.9. The molecule has 0 heterocycles. The first-order valence-electron chi connectivity index (χ1n) is 9.81. The molecule has 2 aromatic rings. The van der Waals surface area contributed by atoms with Crippen molar-refractivity contribution < 1.29 is 49.1 Å². The summed E-state index contributed by atoms with van der Waals surface area (Å²) < 4.78 is 112. The Kier molecular flexibility index (Phi) is 8.80. The summed E-state index contributed by atoms with van der Waals surface area (Å²) in [4.78, 5) is 25.5. The molecule has 2 amide bonds. The minimum atomic E-state index is -6.30. The fourth-order valence-corrected chi connectivity index (χ4v) is 3.96. The van der Waals surface area contributed by atoms with Crippen molar-refractivity contribution in [2.75, 3.05) is 11.1 Å². The van der Waals surface area contributed by atoms with Gasteiger partial charge < -0.3 is 15.2 Å². The molecular formula is C21H18ClF7N2O4S. The molecule has 0 bridgehead atoms. The highest BCUT2D eigenvalue weighted by atomic mass is 35.5. The van der Waals surface area contributed by atoms with Crippen LogP contribution in [0.1, 0.15) is 38.8 Å². The molecule has 0 radical (unpaired) electrons. The lowest BCUT2D eigenvalue weighted by Crippen LogP contribution is -2.50. The highest BCUT2D eigenvalue weighted by Crippen LogP contribution is 2.53. The van der Waals surface area contributed by atoms with Gasteiger partial charge in [0.2, 0.25) is 0 Å². The van der Waals surface area contributed by atoms with Crippen molar-refractivity contribution in [1.29, 1.82) is 0 Å². The van der Waals surface area contributed by atoms with E-state index < -0.39 is 52.5 Å². The van der Waals surface area contributed by atoms with E-state index in [0.717, 1.165) is 6.92 Å². The summed E-state index contributed by atoms with van der Waals surface area (Å²) in [5.41, 5.74) is -8.60. The first kappa shape index (κ1) is 29.5. The number of amides is 2. The number of carbonyl (C=O) groups is 2. The van der Waals surface area contributed by atoms with E-state index in [-0.39, 0.29) is 39.2 Å². The Morgan fingerprint density at radius 3 is 2.11 bits per heavy atom. The van der Waals surface area contributed by atoms with Crippen molar-refractivity contribution in [1.82, 2.24) is 5.32 Å². The zero-order chi connectivity index (χ0) is 27.6. The number of halogens is 8. The number of anilines is 1. The Labute approximate surface area is 207 Å². The normalized spacial score (nSPS) is 14.2. The first-order chi connectivity index (χ1) is 16.4. The van der Waals surface area contributed by atoms with Gasteiger partial charge in [-0.1, -0.05) is 29.8 Å². The van der Waals surface area contributed by atoms with E-state index in [0.29, 0.717) is 12.1 Å². The Morgan fingerprint density at radius 2 is 1.61 bits per heavy atom. The standard InChI is InChI=1S/C21H18ClF7N2O4S/c1-10-8-12(19(23,20(24,25)26)21(27,28)29)6-7-15(10)31-17(32)13-4-3-5-14(22)16(13)18(33)30-11(2)9-36(34)35/h3-8,11H,9H2,1-2H3,(H,30,33)(H,31,32)(H,34,35)/t11-/m0/s1. The summed E-state index contributed by atoms with van der Waals surface area (Å²) in [6.45, 7) is 2.47. The third kappa shape index (κ3) is 6.16. The van der Waals surface area contributed by atoms with Crippen LogP contribution < -0.4 is 10.6 Å². The summed E-state index contributed by atoms with van der Waals surface area (Å²) in [7, 11) is 0. The van der Waals surface area contributed by atoms with Crippen molar-refractivity contribution in [2.45, 2.75) is 37.9 Å². The molecule has 0 aliphatic rings. The van der Waals surface area contributed by atoms with Gasteiger partial charge in [-0.2, -0.15) is 26.3 Å². The molecule has 198 valence electrons. The van der Waals surface area contributed by atoms with E-state index in [2.05, 4.69) is 10.6 Å². The van der Waals surface area contributed by atoms with E-state index in [1.807, 2.05) is 0 Å². The van der Waals surface area contributed by atoms with Gasteiger partial charge in [0, 0.05) is 17.3 Å². The van der Waals surface area contributed by atoms with E-state index >= 15 is 0 Å². The molecule has 36 heavy (non-hydrogen) atoms. The van der Waals surface area contributed by atoms with Gasteiger partial charge in [-0.25, -0.2) is 8.60 Å². The lowest BCUT2D eigenvalue weighted by Gasteiger charge is -2.30. The maximum atomic E-state index is 14.3. The van der Waals surface area contributed by atoms with Crippen molar-refractivity contribution in [2.24, 2.45) is 0 Å². The number of nitrogens with one attached hydrogen (secondary N) is 2. The van der Waals surface area contributed by atoms with Gasteiger partial charge in [0.1, 0.15) is 0 Å². The molecule has 0 aliphatic carbocycles. The average molecular weight is 563 g/mol. The van der Waals surface area contributed by atoms with Crippen molar-refractivity contribution in [3.05, 3.63) is 63.7 Å². The summed E-state index contributed by atoms with van der Waals surface area (Å²) in [5.74, 6) is -2.21. The highest BCUT2D eigenvalue weighted by molar-refractivity contribution is 7.79. The predicted molar refractivity (Wildman–Crippen MR) is 118 cm³/mol. The van der Waals surface area contributed by atoms with Crippen LogP contribution in [0.2, 0.25) is 5.02 Å². The summed E-state index contributed by atoms with van der Waals surface area (Å²) in [6.07, 6.45) is -12.6. The Balaban J connectivity index is 2.40. The summed E-state index contributed by atoms with van der Waals surface area (Å²) in [5, 5.41) is 4.44. The summed E-state index contributed by atoms with van der Waals surface area (Å²) in [6, 6.07) is 4.17. The molecule has 0 aliphatic heterocycles. The third-order valence-electron chi connectivity index (χ3n) is 4.91. The SMILES string of the molecule is Cc1cc(C(F)(C(F)(F)F)C(F)(F)F)ccc1NC(=O)c1cccc(Cl)c1C(=O)N[C@@H](C)CS(=O)O. The number of alkyl halides is 7. The number of aryl methyl sites for hydroxylation is 1. The minimum Gasteiger partial charge on any atom is -0.349 e. The van der Waals surface area contributed by atoms with Crippen LogP contribution in [0, 0.1) is 6.92 Å². The molecule has 15 heteroatoms. The molecule has 0 saturated heterocycles. The lowest BCUT2D eigenvalue weighted by atomic mass is 9.92. The van der Waals surface area contributed by atoms with Crippen LogP contribution in [-0.4, -0.2) is 44.7 Å². The van der Waals surface area contributed by atoms with Crippen LogP contribution >= 0.6 is 11.6 Å². The van der Waals surface area contributed by atoms with E-state index in [1.54, 1.807) is 0 Å². The maximum Gasteiger partial charge on any atom is 0.435 e. The molecular weight excluding hydrogens is 545 g/mol. The highest BCUT2D eigenvalue weighted by Gasteiger charge is 2.73. The van der Waals surface area contributed by atoms with E-state index in [9.17, 15) is 44.5 Å². The quantitative estimate of drug-likeness (QED) is 0.305. The van der Waals surface area contributed by atoms with E-state index in [1.165, 1.54) is 25.1 Å². The predicted octanol–water partition coefficient (Wildman–Crippen LogP) is 5.53. The number of rotatable bonds is 7. The monoisotopic (exact) mass is 562 g/mol. The molecule has 0 saturated carbocycles. The third-order valence-corrected chi connectivity index (χ3v) is 6.01. The second kappa shape index (κ2) is 10.7. The number of hydrogen-bond donors (Lipinski definition) is 3. The molecule has 0 aromatic heterocycles. The van der Waals surface area contributed by atoms with Gasteiger partial charge in [0.25, 0.3) is 11.8 Å². The van der Waals surface area contributed by atoms with Crippen LogP contribution in [0.5, 0.6) is 0 Å². The molecule has 1 unspecified atom stereocenters. The Hall–Kier alpha value is -2.71. The average Bonchev–Trinajstić information content (AvgIpc) is 2.71. The largest absolute Gasteiger partial charge is 0.435 e. The fourth-order valence-electron chi connectivity index (χ4n) is 3.19. The topological polar surface area (TPSA) is 95.5 Å². The van der Waals surface area contributed by atoms with Gasteiger partial charge in [-0.3, -0.25) is 9.59 Å². The molecule has 2 rings (SSSR count). The second-order valence-electron chi connectivity index (χ2n) is 7.66. The maximum absolute atomic E-state index is 14.3. The van der Waals surface area contributed by atoms with Gasteiger partial charge in [-0.15, -0.1) is 0 Å². The second-order valence-corrected chi connectivity index (χ2v) is 9.05. The molecule has 2 aromatic carbocycles. The van der Waals surface area contributed by atoms with Crippen molar-refractivity contribution in [3.8, 4) is 0 Å². The van der Waals surface area contributed by atoms with Crippen LogP contribution in [0.25, 0.3) is 0 Å². The van der Waals surface area contributed by atoms with Crippen molar-refractivity contribution >= 4 is 40.2 Å². The number of carbonyl (C=O) groups excluding carboxylic acids is 2. The summed E-state index contributed by atoms with van der Waals surface area (Å²) >= 11 is 3.81. The van der Waals surface area contributed by atoms with Crippen LogP contribution in [0.15, 0.2) is 36.4 Å². The lowest BCUT2D eigenvalue weighted by molar-refractivity contribution is -0.348. The molecule has 2 atom stereocenters. The smallest absolute Gasteiger partial charge is 0.349 e. The number of benzene rings is 2. The van der Waals surface area contributed by atoms with Crippen LogP contribution in [0.4, 0.5) is 36.4 Å². The minimum absolute atomic E-state index is 0.179. The zero-order valence-electron chi connectivity index (χ0n) is 18.4. The molecule has 0 spiro atoms. The first-order valence-corrected chi connectivity index (χ1v) is 11.5. The Bertz CT molecular complexity index is 1170. The van der Waals surface area contributed by atoms with E-state index in [4.69, 9.17) is 16.2 Å². The molecule has 3 N–H and O–H groups in total. The van der Waals surface area contributed by atoms with Crippen LogP contribution in [-0.2, 0) is 16.7 Å². The van der Waals surface area contributed by atoms with Crippen LogP contribution in [0.3, 0.4) is 0 Å². The van der Waals surface area contributed by atoms with Gasteiger partial charge in [-0.05, 0) is 37.6 Å². The number of hydrogen-bond acceptors (Lipinski definition) is 3. The Morgan fingerprint density at radius 1 is 1.03 bits per heavy atom.